The summed E-state index contributed by atoms with van der Waals surface area (Å²) in [6.07, 6.45) is 0.604. The number of carbonyl (C=O) groups is 1. The molecule has 0 saturated carbocycles. The molecule has 1 rings (SSSR count). The van der Waals surface area contributed by atoms with Gasteiger partial charge in [0.15, 0.2) is 0 Å². The second kappa shape index (κ2) is 4.75. The largest absolute Gasteiger partial charge is 0.349 e. The van der Waals surface area contributed by atoms with E-state index in [-0.39, 0.29) is 11.9 Å². The monoisotopic (exact) mass is 199 g/mol. The number of amides is 1. The molecule has 1 saturated heterocycles. The Morgan fingerprint density at radius 3 is 2.57 bits per heavy atom. The van der Waals surface area contributed by atoms with Gasteiger partial charge in [0.25, 0.3) is 0 Å². The van der Waals surface area contributed by atoms with Gasteiger partial charge in [-0.1, -0.05) is 6.92 Å². The molecule has 2 atom stereocenters. The lowest BCUT2D eigenvalue weighted by Gasteiger charge is -2.16. The lowest BCUT2D eigenvalue weighted by atomic mass is 10.1. The zero-order chi connectivity index (χ0) is 10.7. The van der Waals surface area contributed by atoms with Crippen LogP contribution in [0, 0.1) is 5.92 Å². The molecule has 0 radical (unpaired) electrons. The first-order chi connectivity index (χ1) is 6.50. The first-order valence-electron chi connectivity index (χ1n) is 5.18. The summed E-state index contributed by atoms with van der Waals surface area (Å²) in [6.45, 7) is 4.97. The molecular formula is C10H21N3O. The van der Waals surface area contributed by atoms with Gasteiger partial charge in [0.1, 0.15) is 0 Å². The van der Waals surface area contributed by atoms with Gasteiger partial charge in [-0.05, 0) is 5.92 Å². The molecule has 4 heteroatoms. The number of likely N-dealkylation sites (tertiary alicyclic amines) is 1. The number of carbonyl (C=O) groups excluding carboxylic acids is 1. The Morgan fingerprint density at radius 2 is 2.14 bits per heavy atom. The van der Waals surface area contributed by atoms with Crippen molar-refractivity contribution in [3.8, 4) is 0 Å². The Balaban J connectivity index is 2.23. The van der Waals surface area contributed by atoms with Crippen molar-refractivity contribution in [1.82, 2.24) is 9.80 Å². The molecule has 82 valence electrons. The van der Waals surface area contributed by atoms with Gasteiger partial charge in [0.2, 0.25) is 5.91 Å². The summed E-state index contributed by atoms with van der Waals surface area (Å²) < 4.78 is 0. The molecule has 0 spiro atoms. The summed E-state index contributed by atoms with van der Waals surface area (Å²) in [5.74, 6) is 0.752. The zero-order valence-electron chi connectivity index (χ0n) is 9.36. The molecule has 1 aliphatic heterocycles. The van der Waals surface area contributed by atoms with E-state index in [1.807, 2.05) is 0 Å². The van der Waals surface area contributed by atoms with Gasteiger partial charge >= 0.3 is 0 Å². The van der Waals surface area contributed by atoms with E-state index in [1.54, 1.807) is 19.0 Å². The molecule has 0 aromatic heterocycles. The van der Waals surface area contributed by atoms with Crippen LogP contribution in [0.5, 0.6) is 0 Å². The van der Waals surface area contributed by atoms with Gasteiger partial charge in [-0.25, -0.2) is 0 Å². The highest BCUT2D eigenvalue weighted by Crippen LogP contribution is 2.14. The summed E-state index contributed by atoms with van der Waals surface area (Å²) in [5.41, 5.74) is 5.90. The molecule has 0 aromatic carbocycles. The van der Waals surface area contributed by atoms with Crippen molar-refractivity contribution < 1.29 is 4.79 Å². The minimum Gasteiger partial charge on any atom is -0.349 e. The second-order valence-corrected chi connectivity index (χ2v) is 4.44. The molecule has 1 heterocycles. The first kappa shape index (κ1) is 11.5. The first-order valence-corrected chi connectivity index (χ1v) is 5.18. The summed E-state index contributed by atoms with van der Waals surface area (Å²) in [4.78, 5) is 15.2. The average molecular weight is 199 g/mol. The van der Waals surface area contributed by atoms with E-state index in [4.69, 9.17) is 5.73 Å². The zero-order valence-corrected chi connectivity index (χ0v) is 9.36. The van der Waals surface area contributed by atoms with Crippen LogP contribution in [0.3, 0.4) is 0 Å². The minimum absolute atomic E-state index is 0.193. The van der Waals surface area contributed by atoms with Crippen molar-refractivity contribution in [3.05, 3.63) is 0 Å². The van der Waals surface area contributed by atoms with Gasteiger partial charge in [0.05, 0.1) is 0 Å². The lowest BCUT2D eigenvalue weighted by molar-refractivity contribution is -0.128. The molecule has 14 heavy (non-hydrogen) atoms. The predicted molar refractivity (Wildman–Crippen MR) is 56.9 cm³/mol. The third-order valence-electron chi connectivity index (χ3n) is 2.89. The summed E-state index contributed by atoms with van der Waals surface area (Å²) in [5, 5.41) is 0. The van der Waals surface area contributed by atoms with Crippen LogP contribution in [-0.2, 0) is 4.79 Å². The van der Waals surface area contributed by atoms with Crippen LogP contribution in [0.25, 0.3) is 0 Å². The molecular weight excluding hydrogens is 178 g/mol. The van der Waals surface area contributed by atoms with Crippen LogP contribution < -0.4 is 5.73 Å². The molecule has 1 amide bonds. The highest BCUT2D eigenvalue weighted by Gasteiger charge is 2.26. The average Bonchev–Trinajstić information content (AvgIpc) is 2.42. The Kier molecular flexibility index (Phi) is 3.89. The van der Waals surface area contributed by atoms with Crippen LogP contribution in [0.2, 0.25) is 0 Å². The summed E-state index contributed by atoms with van der Waals surface area (Å²) in [6, 6.07) is 0.282. The number of nitrogens with two attached hydrogens (primary N) is 1. The number of rotatable bonds is 3. The van der Waals surface area contributed by atoms with Gasteiger partial charge < -0.3 is 15.5 Å². The van der Waals surface area contributed by atoms with Crippen molar-refractivity contribution in [1.29, 1.82) is 0 Å². The van der Waals surface area contributed by atoms with E-state index >= 15 is 0 Å². The molecule has 2 N–H and O–H groups in total. The third kappa shape index (κ3) is 2.96. The summed E-state index contributed by atoms with van der Waals surface area (Å²) >= 11 is 0. The standard InChI is InChI=1S/C10H21N3O/c1-8-6-13(7-9(8)11)5-4-10(14)12(2)3/h8-9H,4-7,11H2,1-3H3. The van der Waals surface area contributed by atoms with Gasteiger partial charge in [-0.2, -0.15) is 0 Å². The maximum Gasteiger partial charge on any atom is 0.223 e. The van der Waals surface area contributed by atoms with Crippen LogP contribution in [0.15, 0.2) is 0 Å². The van der Waals surface area contributed by atoms with Crippen molar-refractivity contribution in [2.45, 2.75) is 19.4 Å². The van der Waals surface area contributed by atoms with Crippen molar-refractivity contribution >= 4 is 5.91 Å². The fourth-order valence-electron chi connectivity index (χ4n) is 1.76. The fourth-order valence-corrected chi connectivity index (χ4v) is 1.76. The van der Waals surface area contributed by atoms with E-state index in [0.717, 1.165) is 19.6 Å². The van der Waals surface area contributed by atoms with E-state index < -0.39 is 0 Å². The van der Waals surface area contributed by atoms with Crippen molar-refractivity contribution in [2.75, 3.05) is 33.7 Å². The van der Waals surface area contributed by atoms with Gasteiger partial charge in [-0.15, -0.1) is 0 Å². The van der Waals surface area contributed by atoms with Gasteiger partial charge in [-0.3, -0.25) is 4.79 Å². The molecule has 1 fully saturated rings. The van der Waals surface area contributed by atoms with Crippen LogP contribution in [-0.4, -0.2) is 55.5 Å². The van der Waals surface area contributed by atoms with E-state index in [2.05, 4.69) is 11.8 Å². The highest BCUT2D eigenvalue weighted by molar-refractivity contribution is 5.75. The third-order valence-corrected chi connectivity index (χ3v) is 2.89. The minimum atomic E-state index is 0.193. The molecule has 1 aliphatic rings. The normalized spacial score (nSPS) is 28.0. The van der Waals surface area contributed by atoms with Crippen LogP contribution in [0.1, 0.15) is 13.3 Å². The Bertz CT molecular complexity index is 196. The molecule has 0 aromatic rings. The summed E-state index contributed by atoms with van der Waals surface area (Å²) in [7, 11) is 3.58. The fraction of sp³-hybridized carbons (Fsp3) is 0.900. The van der Waals surface area contributed by atoms with Crippen LogP contribution >= 0.6 is 0 Å². The molecule has 2 unspecified atom stereocenters. The maximum atomic E-state index is 11.3. The van der Waals surface area contributed by atoms with E-state index in [9.17, 15) is 4.79 Å². The number of nitrogens with zero attached hydrogens (tertiary/aromatic N) is 2. The topological polar surface area (TPSA) is 49.6 Å². The highest BCUT2D eigenvalue weighted by atomic mass is 16.2. The second-order valence-electron chi connectivity index (χ2n) is 4.44. The smallest absolute Gasteiger partial charge is 0.223 e. The number of hydrogen-bond donors (Lipinski definition) is 1. The number of hydrogen-bond acceptors (Lipinski definition) is 3. The Morgan fingerprint density at radius 1 is 1.50 bits per heavy atom. The molecule has 4 nitrogen and oxygen atoms in total. The SMILES string of the molecule is CC1CN(CCC(=O)N(C)C)CC1N. The Hall–Kier alpha value is -0.610. The Labute approximate surface area is 86.0 Å². The molecule has 0 aliphatic carbocycles. The van der Waals surface area contributed by atoms with Crippen molar-refractivity contribution in [2.24, 2.45) is 11.7 Å². The van der Waals surface area contributed by atoms with E-state index in [1.165, 1.54) is 0 Å². The van der Waals surface area contributed by atoms with Crippen LogP contribution in [0.4, 0.5) is 0 Å². The maximum absolute atomic E-state index is 11.3. The van der Waals surface area contributed by atoms with E-state index in [0.29, 0.717) is 12.3 Å². The van der Waals surface area contributed by atoms with Crippen molar-refractivity contribution in [3.63, 3.8) is 0 Å². The molecule has 0 bridgehead atoms. The van der Waals surface area contributed by atoms with Gasteiger partial charge in [0, 0.05) is 46.2 Å². The quantitative estimate of drug-likeness (QED) is 0.681. The lowest BCUT2D eigenvalue weighted by Crippen LogP contribution is -2.31. The predicted octanol–water partition coefficient (Wildman–Crippen LogP) is -0.256.